The van der Waals surface area contributed by atoms with Crippen LogP contribution in [-0.4, -0.2) is 61.0 Å². The number of fused-ring (bicyclic) bond motifs is 1. The van der Waals surface area contributed by atoms with Crippen molar-refractivity contribution in [2.75, 3.05) is 11.9 Å². The number of nitrogens with zero attached hydrogens (tertiary/aromatic N) is 6. The summed E-state index contributed by atoms with van der Waals surface area (Å²) in [6.45, 7) is 10.8. The molecule has 0 saturated carbocycles. The summed E-state index contributed by atoms with van der Waals surface area (Å²) in [6.07, 6.45) is 3.97. The first kappa shape index (κ1) is 29.0. The molecule has 1 aliphatic heterocycles. The second-order valence-corrected chi connectivity index (χ2v) is 11.2. The Morgan fingerprint density at radius 2 is 1.97 bits per heavy atom. The summed E-state index contributed by atoms with van der Waals surface area (Å²) in [4.78, 5) is 25.9. The largest absolute Gasteiger partial charge is 0.352 e. The van der Waals surface area contributed by atoms with E-state index in [1.165, 1.54) is 6.33 Å². The molecule has 3 heterocycles. The molecule has 3 aromatic rings. The van der Waals surface area contributed by atoms with Crippen LogP contribution in [0, 0.1) is 11.3 Å². The quantitative estimate of drug-likeness (QED) is 0.230. The Morgan fingerprint density at radius 1 is 1.23 bits per heavy atom. The molecule has 1 N–H and O–H groups in total. The van der Waals surface area contributed by atoms with Crippen LogP contribution in [-0.2, 0) is 13.8 Å². The van der Waals surface area contributed by atoms with Crippen molar-refractivity contribution in [2.24, 2.45) is 0 Å². The van der Waals surface area contributed by atoms with E-state index in [4.69, 9.17) is 19.0 Å². The average Bonchev–Trinajstić information content (AvgIpc) is 3.53. The van der Waals surface area contributed by atoms with Gasteiger partial charge in [-0.05, 0) is 46.2 Å². The molecule has 4 unspecified atom stereocenters. The van der Waals surface area contributed by atoms with Crippen molar-refractivity contribution in [1.82, 2.24) is 24.2 Å². The van der Waals surface area contributed by atoms with Gasteiger partial charge < -0.3 is 19.1 Å². The number of anilines is 1. The number of hydrogen-bond acceptors (Lipinski definition) is 9. The molecule has 1 fully saturated rings. The van der Waals surface area contributed by atoms with E-state index in [-0.39, 0.29) is 36.4 Å². The van der Waals surface area contributed by atoms with Gasteiger partial charge in [0.2, 0.25) is 0 Å². The summed E-state index contributed by atoms with van der Waals surface area (Å²) < 4.78 is 23.2. The summed E-state index contributed by atoms with van der Waals surface area (Å²) in [6, 6.07) is 11.5. The Labute approximate surface area is 230 Å². The maximum Gasteiger partial charge on any atom is 0.259 e. The molecule has 4 rings (SSSR count). The van der Waals surface area contributed by atoms with Crippen LogP contribution in [0.25, 0.3) is 11.2 Å². The van der Waals surface area contributed by atoms with Gasteiger partial charge in [-0.2, -0.15) is 5.26 Å². The fourth-order valence-electron chi connectivity index (χ4n) is 4.68. The highest BCUT2D eigenvalue weighted by molar-refractivity contribution is 7.44. The van der Waals surface area contributed by atoms with Crippen molar-refractivity contribution < 1.29 is 18.6 Å². The molecule has 1 saturated heterocycles. The van der Waals surface area contributed by atoms with E-state index in [1.807, 2.05) is 10.6 Å². The highest BCUT2D eigenvalue weighted by Crippen LogP contribution is 2.50. The van der Waals surface area contributed by atoms with E-state index < -0.39 is 8.53 Å². The summed E-state index contributed by atoms with van der Waals surface area (Å²) in [7, 11) is -1.40. The maximum absolute atomic E-state index is 12.7. The van der Waals surface area contributed by atoms with Gasteiger partial charge in [0.1, 0.15) is 12.6 Å². The van der Waals surface area contributed by atoms with E-state index in [0.717, 1.165) is 6.42 Å². The van der Waals surface area contributed by atoms with Crippen LogP contribution in [0.15, 0.2) is 43.0 Å². The SMILES string of the molecule is CCC1OC(n2cnc3c(NC(=O)c4ccccc4)ncnc32)CC1OP(OCCC#N)N(C(C)C)C(C)C. The monoisotopic (exact) mass is 553 g/mol. The van der Waals surface area contributed by atoms with Crippen molar-refractivity contribution in [2.45, 2.75) is 84.4 Å². The zero-order valence-electron chi connectivity index (χ0n) is 23.0. The summed E-state index contributed by atoms with van der Waals surface area (Å²) in [5, 5.41) is 11.9. The van der Waals surface area contributed by atoms with Crippen LogP contribution in [0.3, 0.4) is 0 Å². The molecule has 1 aromatic carbocycles. The van der Waals surface area contributed by atoms with E-state index in [2.05, 4.69) is 65.6 Å². The number of benzene rings is 1. The first-order chi connectivity index (χ1) is 18.8. The molecule has 1 amide bonds. The van der Waals surface area contributed by atoms with Crippen LogP contribution in [0.5, 0.6) is 0 Å². The van der Waals surface area contributed by atoms with Crippen LogP contribution in [0.2, 0.25) is 0 Å². The van der Waals surface area contributed by atoms with E-state index >= 15 is 0 Å². The molecule has 0 radical (unpaired) electrons. The van der Waals surface area contributed by atoms with E-state index in [9.17, 15) is 4.79 Å². The second kappa shape index (κ2) is 13.4. The zero-order chi connectivity index (χ0) is 27.9. The smallest absolute Gasteiger partial charge is 0.259 e. The minimum Gasteiger partial charge on any atom is -0.352 e. The van der Waals surface area contributed by atoms with Crippen molar-refractivity contribution >= 4 is 31.4 Å². The molecular formula is C27H36N7O4P. The number of hydrogen-bond donors (Lipinski definition) is 1. The van der Waals surface area contributed by atoms with Gasteiger partial charge in [-0.25, -0.2) is 19.6 Å². The fourth-order valence-corrected chi connectivity index (χ4v) is 6.44. The highest BCUT2D eigenvalue weighted by Gasteiger charge is 2.40. The Hall–Kier alpha value is -3.00. The lowest BCUT2D eigenvalue weighted by Crippen LogP contribution is -2.35. The number of nitrogens with one attached hydrogen (secondary N) is 1. The second-order valence-electron chi connectivity index (χ2n) is 9.83. The van der Waals surface area contributed by atoms with Gasteiger partial charge in [-0.3, -0.25) is 9.36 Å². The van der Waals surface area contributed by atoms with Gasteiger partial charge in [0.25, 0.3) is 14.4 Å². The third-order valence-electron chi connectivity index (χ3n) is 6.41. The fraction of sp³-hybridized carbons (Fsp3) is 0.519. The van der Waals surface area contributed by atoms with Crippen molar-refractivity contribution in [1.29, 1.82) is 5.26 Å². The number of aromatic nitrogens is 4. The predicted octanol–water partition coefficient (Wildman–Crippen LogP) is 5.44. The summed E-state index contributed by atoms with van der Waals surface area (Å²) in [5.41, 5.74) is 1.57. The first-order valence-corrected chi connectivity index (χ1v) is 14.4. The van der Waals surface area contributed by atoms with Crippen LogP contribution < -0.4 is 5.32 Å². The minimum atomic E-state index is -1.40. The van der Waals surface area contributed by atoms with Gasteiger partial charge in [0, 0.05) is 24.1 Å². The number of carbonyl (C=O) groups excluding carboxylic acids is 1. The molecule has 208 valence electrons. The van der Waals surface area contributed by atoms with Gasteiger partial charge in [0.15, 0.2) is 17.0 Å². The topological polar surface area (TPSA) is 127 Å². The molecule has 0 bridgehead atoms. The van der Waals surface area contributed by atoms with Gasteiger partial charge in [0.05, 0.1) is 37.6 Å². The number of amides is 1. The number of rotatable bonds is 12. The molecule has 0 spiro atoms. The molecular weight excluding hydrogens is 517 g/mol. The summed E-state index contributed by atoms with van der Waals surface area (Å²) in [5.74, 6) is 0.0655. The minimum absolute atomic E-state index is 0.155. The number of carbonyl (C=O) groups is 1. The number of imidazole rings is 1. The molecule has 4 atom stereocenters. The molecule has 0 aliphatic carbocycles. The van der Waals surface area contributed by atoms with E-state index in [0.29, 0.717) is 42.0 Å². The molecule has 11 nitrogen and oxygen atoms in total. The van der Waals surface area contributed by atoms with Crippen molar-refractivity contribution in [3.05, 3.63) is 48.5 Å². The van der Waals surface area contributed by atoms with Crippen LogP contribution >= 0.6 is 8.53 Å². The first-order valence-electron chi connectivity index (χ1n) is 13.3. The third kappa shape index (κ3) is 6.78. The number of ether oxygens (including phenoxy) is 1. The third-order valence-corrected chi connectivity index (χ3v) is 8.56. The lowest BCUT2D eigenvalue weighted by molar-refractivity contribution is -0.0166. The summed E-state index contributed by atoms with van der Waals surface area (Å²) >= 11 is 0. The molecule has 1 aliphatic rings. The standard InChI is InChI=1S/C27H36N7O4P/c1-6-21-22(38-39(36-14-10-13-28)34(18(2)3)19(4)5)15-23(37-21)33-17-31-24-25(29-16-30-26(24)33)32-27(35)20-11-8-7-9-12-20/h7-9,11-12,16-19,21-23H,6,10,14-15H2,1-5H3,(H,29,30,32,35). The van der Waals surface area contributed by atoms with Crippen LogP contribution in [0.1, 0.15) is 70.5 Å². The maximum atomic E-state index is 12.7. The van der Waals surface area contributed by atoms with E-state index in [1.54, 1.807) is 30.6 Å². The lowest BCUT2D eigenvalue weighted by Gasteiger charge is -2.37. The average molecular weight is 554 g/mol. The lowest BCUT2D eigenvalue weighted by atomic mass is 10.1. The van der Waals surface area contributed by atoms with Gasteiger partial charge in [-0.1, -0.05) is 25.1 Å². The Balaban J connectivity index is 1.54. The normalized spacial score (nSPS) is 20.1. The Morgan fingerprint density at radius 3 is 2.64 bits per heavy atom. The zero-order valence-corrected chi connectivity index (χ0v) is 23.9. The molecule has 12 heteroatoms. The molecule has 2 aromatic heterocycles. The predicted molar refractivity (Wildman–Crippen MR) is 149 cm³/mol. The van der Waals surface area contributed by atoms with Crippen molar-refractivity contribution in [3.8, 4) is 6.07 Å². The van der Waals surface area contributed by atoms with Crippen molar-refractivity contribution in [3.63, 3.8) is 0 Å². The van der Waals surface area contributed by atoms with Gasteiger partial charge in [-0.15, -0.1) is 0 Å². The van der Waals surface area contributed by atoms with Crippen LogP contribution in [0.4, 0.5) is 5.82 Å². The Bertz CT molecular complexity index is 1270. The highest BCUT2D eigenvalue weighted by atomic mass is 31.2. The van der Waals surface area contributed by atoms with Gasteiger partial charge >= 0.3 is 0 Å². The number of nitriles is 1. The molecule has 39 heavy (non-hydrogen) atoms. The Kier molecular flexibility index (Phi) is 9.94.